The predicted octanol–water partition coefficient (Wildman–Crippen LogP) is 3.29. The van der Waals surface area contributed by atoms with Gasteiger partial charge in [-0.15, -0.1) is 0 Å². The molecule has 0 bridgehead atoms. The fourth-order valence-electron chi connectivity index (χ4n) is 3.13. The van der Waals surface area contributed by atoms with E-state index in [0.717, 1.165) is 37.5 Å². The van der Waals surface area contributed by atoms with E-state index in [1.165, 1.54) is 0 Å². The Labute approximate surface area is 122 Å². The second-order valence-electron chi connectivity index (χ2n) is 6.01. The minimum absolute atomic E-state index is 0.00471. The lowest BCUT2D eigenvalue weighted by Crippen LogP contribution is -2.40. The van der Waals surface area contributed by atoms with Gasteiger partial charge in [-0.1, -0.05) is 13.8 Å². The third-order valence-corrected chi connectivity index (χ3v) is 3.92. The van der Waals surface area contributed by atoms with E-state index in [1.807, 2.05) is 0 Å². The fourth-order valence-corrected chi connectivity index (χ4v) is 3.13. The van der Waals surface area contributed by atoms with Crippen molar-refractivity contribution in [1.82, 2.24) is 5.32 Å². The van der Waals surface area contributed by atoms with Crippen LogP contribution in [0.3, 0.4) is 0 Å². The molecule has 2 rings (SSSR count). The van der Waals surface area contributed by atoms with Crippen molar-refractivity contribution >= 4 is 11.6 Å². The molecule has 1 aromatic rings. The van der Waals surface area contributed by atoms with Crippen molar-refractivity contribution in [2.45, 2.75) is 39.2 Å². The molecule has 2 atom stereocenters. The van der Waals surface area contributed by atoms with Gasteiger partial charge in [0.15, 0.2) is 0 Å². The highest BCUT2D eigenvalue weighted by Gasteiger charge is 2.26. The Morgan fingerprint density at radius 1 is 1.29 bits per heavy atom. The third-order valence-electron chi connectivity index (χ3n) is 3.92. The van der Waals surface area contributed by atoms with Crippen LogP contribution in [0.25, 0.3) is 0 Å². The number of carbonyl (C=O) groups excluding carboxylic acids is 1. The first-order valence-electron chi connectivity index (χ1n) is 7.11. The molecular weight excluding hydrogens is 275 g/mol. The number of nitro groups is 1. The Morgan fingerprint density at radius 2 is 1.90 bits per heavy atom. The summed E-state index contributed by atoms with van der Waals surface area (Å²) in [5.41, 5.74) is -0.554. The number of non-ortho nitro benzene ring substituents is 1. The molecule has 1 N–H and O–H groups in total. The maximum atomic E-state index is 13.7. The molecule has 2 unspecified atom stereocenters. The fraction of sp³-hybridized carbons (Fsp3) is 0.533. The number of nitrogens with zero attached hydrogens (tertiary/aromatic N) is 1. The van der Waals surface area contributed by atoms with Gasteiger partial charge in [0.2, 0.25) is 0 Å². The second kappa shape index (κ2) is 6.20. The summed E-state index contributed by atoms with van der Waals surface area (Å²) in [5, 5.41) is 13.5. The SMILES string of the molecule is CC1CC(C)CC(NC(=O)c2cc([N+](=O)[O-])ccc2F)C1. The molecule has 0 radical (unpaired) electrons. The van der Waals surface area contributed by atoms with Crippen LogP contribution in [0.1, 0.15) is 43.5 Å². The second-order valence-corrected chi connectivity index (χ2v) is 6.01. The van der Waals surface area contributed by atoms with Crippen LogP contribution >= 0.6 is 0 Å². The van der Waals surface area contributed by atoms with Gasteiger partial charge in [0, 0.05) is 18.2 Å². The minimum Gasteiger partial charge on any atom is -0.349 e. The highest BCUT2D eigenvalue weighted by molar-refractivity contribution is 5.95. The summed E-state index contributed by atoms with van der Waals surface area (Å²) >= 11 is 0. The number of carbonyl (C=O) groups is 1. The number of hydrogen-bond donors (Lipinski definition) is 1. The van der Waals surface area contributed by atoms with Gasteiger partial charge in [-0.25, -0.2) is 4.39 Å². The van der Waals surface area contributed by atoms with Crippen molar-refractivity contribution in [3.63, 3.8) is 0 Å². The average Bonchev–Trinajstić information content (AvgIpc) is 2.37. The Bertz CT molecular complexity index is 552. The standard InChI is InChI=1S/C15H19FN2O3/c1-9-5-10(2)7-11(6-9)17-15(19)13-8-12(18(20)21)3-4-14(13)16/h3-4,8-11H,5-7H2,1-2H3,(H,17,19). The van der Waals surface area contributed by atoms with Crippen LogP contribution < -0.4 is 5.32 Å². The summed E-state index contributed by atoms with van der Waals surface area (Å²) in [4.78, 5) is 22.2. The molecule has 5 nitrogen and oxygen atoms in total. The van der Waals surface area contributed by atoms with Gasteiger partial charge in [0.25, 0.3) is 11.6 Å². The van der Waals surface area contributed by atoms with E-state index >= 15 is 0 Å². The van der Waals surface area contributed by atoms with E-state index in [9.17, 15) is 19.3 Å². The molecule has 1 aromatic carbocycles. The lowest BCUT2D eigenvalue weighted by Gasteiger charge is -2.31. The topological polar surface area (TPSA) is 72.2 Å². The number of nitro benzene ring substituents is 1. The van der Waals surface area contributed by atoms with Crippen LogP contribution in [0.5, 0.6) is 0 Å². The summed E-state index contributed by atoms with van der Waals surface area (Å²) in [6, 6.07) is 2.99. The smallest absolute Gasteiger partial charge is 0.270 e. The van der Waals surface area contributed by atoms with Crippen molar-refractivity contribution in [1.29, 1.82) is 0 Å². The molecule has 1 fully saturated rings. The monoisotopic (exact) mass is 294 g/mol. The molecule has 1 aliphatic carbocycles. The van der Waals surface area contributed by atoms with Gasteiger partial charge in [0.1, 0.15) is 5.82 Å². The lowest BCUT2D eigenvalue weighted by atomic mass is 9.80. The van der Waals surface area contributed by atoms with Crippen molar-refractivity contribution in [3.8, 4) is 0 Å². The molecule has 1 aliphatic rings. The molecule has 1 amide bonds. The van der Waals surface area contributed by atoms with Crippen molar-refractivity contribution in [3.05, 3.63) is 39.7 Å². The first-order valence-corrected chi connectivity index (χ1v) is 7.11. The predicted molar refractivity (Wildman–Crippen MR) is 76.5 cm³/mol. The molecular formula is C15H19FN2O3. The van der Waals surface area contributed by atoms with Crippen LogP contribution in [-0.2, 0) is 0 Å². The quantitative estimate of drug-likeness (QED) is 0.686. The average molecular weight is 294 g/mol. The summed E-state index contributed by atoms with van der Waals surface area (Å²) in [7, 11) is 0. The first-order chi connectivity index (χ1) is 9.86. The summed E-state index contributed by atoms with van der Waals surface area (Å²) in [6.07, 6.45) is 2.83. The molecule has 114 valence electrons. The van der Waals surface area contributed by atoms with Crippen LogP contribution in [0, 0.1) is 27.8 Å². The van der Waals surface area contributed by atoms with Gasteiger partial charge in [-0.3, -0.25) is 14.9 Å². The summed E-state index contributed by atoms with van der Waals surface area (Å²) < 4.78 is 13.7. The van der Waals surface area contributed by atoms with Crippen molar-refractivity contribution < 1.29 is 14.1 Å². The van der Waals surface area contributed by atoms with Crippen LogP contribution in [0.4, 0.5) is 10.1 Å². The molecule has 0 heterocycles. The Kier molecular flexibility index (Phi) is 4.55. The Balaban J connectivity index is 2.13. The van der Waals surface area contributed by atoms with E-state index in [4.69, 9.17) is 0 Å². The Hall–Kier alpha value is -1.98. The molecule has 0 aliphatic heterocycles. The third kappa shape index (κ3) is 3.77. The first kappa shape index (κ1) is 15.4. The summed E-state index contributed by atoms with van der Waals surface area (Å²) in [5.74, 6) is -0.305. The highest BCUT2D eigenvalue weighted by atomic mass is 19.1. The van der Waals surface area contributed by atoms with E-state index in [2.05, 4.69) is 19.2 Å². The molecule has 0 aromatic heterocycles. The van der Waals surface area contributed by atoms with Crippen LogP contribution in [-0.4, -0.2) is 16.9 Å². The van der Waals surface area contributed by atoms with E-state index < -0.39 is 16.6 Å². The molecule has 21 heavy (non-hydrogen) atoms. The normalized spacial score (nSPS) is 25.4. The zero-order chi connectivity index (χ0) is 15.6. The molecule has 6 heteroatoms. The van der Waals surface area contributed by atoms with Gasteiger partial charge in [-0.2, -0.15) is 0 Å². The van der Waals surface area contributed by atoms with Crippen LogP contribution in [0.2, 0.25) is 0 Å². The number of rotatable bonds is 3. The highest BCUT2D eigenvalue weighted by Crippen LogP contribution is 2.29. The molecule has 1 saturated carbocycles. The largest absolute Gasteiger partial charge is 0.349 e. The van der Waals surface area contributed by atoms with Gasteiger partial charge in [-0.05, 0) is 37.2 Å². The van der Waals surface area contributed by atoms with Crippen LogP contribution in [0.15, 0.2) is 18.2 Å². The molecule has 0 saturated heterocycles. The lowest BCUT2D eigenvalue weighted by molar-refractivity contribution is -0.384. The molecule has 0 spiro atoms. The van der Waals surface area contributed by atoms with Gasteiger partial charge >= 0.3 is 0 Å². The Morgan fingerprint density at radius 3 is 2.48 bits per heavy atom. The number of hydrogen-bond acceptors (Lipinski definition) is 3. The maximum Gasteiger partial charge on any atom is 0.270 e. The number of amides is 1. The van der Waals surface area contributed by atoms with Crippen molar-refractivity contribution in [2.75, 3.05) is 0 Å². The number of halogens is 1. The maximum absolute atomic E-state index is 13.7. The number of nitrogens with one attached hydrogen (secondary N) is 1. The summed E-state index contributed by atoms with van der Waals surface area (Å²) in [6.45, 7) is 4.26. The van der Waals surface area contributed by atoms with Gasteiger partial charge < -0.3 is 5.32 Å². The van der Waals surface area contributed by atoms with Crippen molar-refractivity contribution in [2.24, 2.45) is 11.8 Å². The van der Waals surface area contributed by atoms with E-state index in [0.29, 0.717) is 11.8 Å². The van der Waals surface area contributed by atoms with E-state index in [1.54, 1.807) is 0 Å². The minimum atomic E-state index is -0.741. The van der Waals surface area contributed by atoms with E-state index in [-0.39, 0.29) is 17.3 Å². The zero-order valence-corrected chi connectivity index (χ0v) is 12.1. The van der Waals surface area contributed by atoms with Gasteiger partial charge in [0.05, 0.1) is 10.5 Å². The number of benzene rings is 1. The zero-order valence-electron chi connectivity index (χ0n) is 12.1.